The molecular formula is C23H29N3O3. The third kappa shape index (κ3) is 4.69. The quantitative estimate of drug-likeness (QED) is 0.804. The lowest BCUT2D eigenvalue weighted by Crippen LogP contribution is -2.35. The first-order valence-corrected chi connectivity index (χ1v) is 10.6. The van der Waals surface area contributed by atoms with Crippen LogP contribution in [0.5, 0.6) is 11.6 Å². The average Bonchev–Trinajstić information content (AvgIpc) is 3.15. The number of nitrogens with one attached hydrogen (secondary N) is 1. The Bertz CT molecular complexity index is 860. The highest BCUT2D eigenvalue weighted by atomic mass is 16.5. The first-order valence-electron chi connectivity index (χ1n) is 10.6. The van der Waals surface area contributed by atoms with E-state index in [-0.39, 0.29) is 12.0 Å². The average molecular weight is 396 g/mol. The summed E-state index contributed by atoms with van der Waals surface area (Å²) in [6.07, 6.45) is 7.58. The van der Waals surface area contributed by atoms with Gasteiger partial charge in [0.15, 0.2) is 0 Å². The van der Waals surface area contributed by atoms with Gasteiger partial charge in [0.05, 0.1) is 19.3 Å². The number of ether oxygens (including phenoxy) is 2. The number of hydrogen-bond acceptors (Lipinski definition) is 5. The minimum absolute atomic E-state index is 0.0490. The number of carbonyl (C=O) groups excluding carboxylic acids is 1. The number of fused-ring (bicyclic) bond motifs is 1. The summed E-state index contributed by atoms with van der Waals surface area (Å²) in [5, 5.41) is 11.4. The molecule has 1 fully saturated rings. The van der Waals surface area contributed by atoms with E-state index < -0.39 is 0 Å². The van der Waals surface area contributed by atoms with Gasteiger partial charge in [-0.2, -0.15) is 0 Å². The van der Waals surface area contributed by atoms with E-state index in [0.29, 0.717) is 24.8 Å². The molecule has 2 aromatic rings. The van der Waals surface area contributed by atoms with E-state index in [1.54, 1.807) is 13.2 Å². The molecule has 0 unspecified atom stereocenters. The van der Waals surface area contributed by atoms with Crippen LogP contribution in [0.25, 0.3) is 11.3 Å². The van der Waals surface area contributed by atoms with Gasteiger partial charge in [0, 0.05) is 24.5 Å². The molecule has 1 atom stereocenters. The second kappa shape index (κ2) is 8.80. The predicted octanol–water partition coefficient (Wildman–Crippen LogP) is 3.85. The Hall–Kier alpha value is -2.63. The maximum Gasteiger partial charge on any atom is 0.233 e. The highest BCUT2D eigenvalue weighted by molar-refractivity contribution is 5.76. The Morgan fingerprint density at radius 3 is 2.76 bits per heavy atom. The second-order valence-corrected chi connectivity index (χ2v) is 8.22. The summed E-state index contributed by atoms with van der Waals surface area (Å²) < 4.78 is 11.3. The lowest BCUT2D eigenvalue weighted by atomic mass is 9.87. The highest BCUT2D eigenvalue weighted by Gasteiger charge is 2.27. The lowest BCUT2D eigenvalue weighted by molar-refractivity contribution is -0.122. The topological polar surface area (TPSA) is 73.3 Å². The summed E-state index contributed by atoms with van der Waals surface area (Å²) in [4.78, 5) is 12.3. The molecule has 0 saturated heterocycles. The van der Waals surface area contributed by atoms with E-state index in [9.17, 15) is 4.79 Å². The van der Waals surface area contributed by atoms with Gasteiger partial charge >= 0.3 is 0 Å². The summed E-state index contributed by atoms with van der Waals surface area (Å²) in [5.41, 5.74) is 4.00. The molecule has 6 heteroatoms. The Morgan fingerprint density at radius 1 is 1.21 bits per heavy atom. The lowest BCUT2D eigenvalue weighted by Gasteiger charge is -2.21. The summed E-state index contributed by atoms with van der Waals surface area (Å²) in [7, 11) is 1.57. The minimum atomic E-state index is -0.0490. The van der Waals surface area contributed by atoms with Gasteiger partial charge in [-0.05, 0) is 48.9 Å². The van der Waals surface area contributed by atoms with E-state index >= 15 is 0 Å². The van der Waals surface area contributed by atoms with Crippen molar-refractivity contribution < 1.29 is 14.3 Å². The molecule has 0 spiro atoms. The third-order valence-electron chi connectivity index (χ3n) is 5.89. The Balaban J connectivity index is 1.40. The van der Waals surface area contributed by atoms with Crippen molar-refractivity contribution >= 4 is 5.91 Å². The van der Waals surface area contributed by atoms with Crippen molar-refractivity contribution in [1.29, 1.82) is 0 Å². The molecule has 0 bridgehead atoms. The number of carbonyl (C=O) groups is 1. The van der Waals surface area contributed by atoms with Crippen LogP contribution in [0.1, 0.15) is 49.7 Å². The monoisotopic (exact) mass is 395 g/mol. The molecule has 29 heavy (non-hydrogen) atoms. The van der Waals surface area contributed by atoms with Gasteiger partial charge < -0.3 is 14.8 Å². The van der Waals surface area contributed by atoms with Crippen molar-refractivity contribution in [3.63, 3.8) is 0 Å². The third-order valence-corrected chi connectivity index (χ3v) is 5.89. The molecule has 6 nitrogen and oxygen atoms in total. The molecule has 0 radical (unpaired) electrons. The van der Waals surface area contributed by atoms with Gasteiger partial charge in [-0.3, -0.25) is 4.79 Å². The fourth-order valence-electron chi connectivity index (χ4n) is 4.42. The first kappa shape index (κ1) is 19.7. The van der Waals surface area contributed by atoms with Gasteiger partial charge in [0.1, 0.15) is 11.9 Å². The molecule has 1 amide bonds. The number of aromatic nitrogens is 2. The van der Waals surface area contributed by atoms with Gasteiger partial charge in [0.2, 0.25) is 11.8 Å². The summed E-state index contributed by atoms with van der Waals surface area (Å²) in [6, 6.07) is 7.91. The number of methoxy groups -OCH3 is 1. The van der Waals surface area contributed by atoms with E-state index in [1.165, 1.54) is 32.1 Å². The van der Waals surface area contributed by atoms with E-state index in [0.717, 1.165) is 34.6 Å². The van der Waals surface area contributed by atoms with Crippen LogP contribution in [-0.4, -0.2) is 35.9 Å². The number of hydrogen-bond donors (Lipinski definition) is 1. The van der Waals surface area contributed by atoms with Gasteiger partial charge in [0.25, 0.3) is 0 Å². The van der Waals surface area contributed by atoms with E-state index in [4.69, 9.17) is 9.47 Å². The molecule has 1 aliphatic heterocycles. The SMILES string of the molecule is COc1ccc(-c2cc(C)cc3c2O[C@@H](CNC(=O)CC2CCCCC2)C3)nn1. The molecule has 2 heterocycles. The molecule has 1 aromatic carbocycles. The molecular weight excluding hydrogens is 366 g/mol. The van der Waals surface area contributed by atoms with Crippen LogP contribution >= 0.6 is 0 Å². The smallest absolute Gasteiger partial charge is 0.233 e. The first-order chi connectivity index (χ1) is 14.1. The fraction of sp³-hybridized carbons (Fsp3) is 0.522. The van der Waals surface area contributed by atoms with Crippen LogP contribution < -0.4 is 14.8 Å². The second-order valence-electron chi connectivity index (χ2n) is 8.22. The molecule has 1 N–H and O–H groups in total. The maximum atomic E-state index is 12.3. The van der Waals surface area contributed by atoms with Crippen molar-refractivity contribution in [1.82, 2.24) is 15.5 Å². The molecule has 154 valence electrons. The molecule has 1 aromatic heterocycles. The van der Waals surface area contributed by atoms with E-state index in [1.807, 2.05) is 6.07 Å². The number of aryl methyl sites for hydroxylation is 1. The van der Waals surface area contributed by atoms with Crippen molar-refractivity contribution in [2.45, 2.75) is 58.0 Å². The van der Waals surface area contributed by atoms with Crippen LogP contribution in [0.15, 0.2) is 24.3 Å². The Labute approximate surface area is 172 Å². The maximum absolute atomic E-state index is 12.3. The number of amides is 1. The van der Waals surface area contributed by atoms with Crippen LogP contribution in [0.3, 0.4) is 0 Å². The van der Waals surface area contributed by atoms with Crippen molar-refractivity contribution in [3.05, 3.63) is 35.4 Å². The van der Waals surface area contributed by atoms with Gasteiger partial charge in [-0.1, -0.05) is 25.3 Å². The molecule has 4 rings (SSSR count). The van der Waals surface area contributed by atoms with Gasteiger partial charge in [-0.25, -0.2) is 0 Å². The fourth-order valence-corrected chi connectivity index (χ4v) is 4.42. The molecule has 1 aliphatic carbocycles. The van der Waals surface area contributed by atoms with Crippen LogP contribution in [0.4, 0.5) is 0 Å². The predicted molar refractivity (Wildman–Crippen MR) is 111 cm³/mol. The summed E-state index contributed by atoms with van der Waals surface area (Å²) in [5.74, 6) is 2.03. The Kier molecular flexibility index (Phi) is 5.97. The van der Waals surface area contributed by atoms with Crippen LogP contribution in [0.2, 0.25) is 0 Å². The Morgan fingerprint density at radius 2 is 2.03 bits per heavy atom. The normalized spacial score (nSPS) is 18.8. The number of nitrogens with zero attached hydrogens (tertiary/aromatic N) is 2. The minimum Gasteiger partial charge on any atom is -0.487 e. The zero-order valence-corrected chi connectivity index (χ0v) is 17.2. The summed E-state index contributed by atoms with van der Waals surface area (Å²) in [6.45, 7) is 2.60. The number of rotatable bonds is 6. The number of benzene rings is 1. The van der Waals surface area contributed by atoms with Crippen LogP contribution in [-0.2, 0) is 11.2 Å². The van der Waals surface area contributed by atoms with Gasteiger partial charge in [-0.15, -0.1) is 10.2 Å². The van der Waals surface area contributed by atoms with Crippen molar-refractivity contribution in [3.8, 4) is 22.9 Å². The van der Waals surface area contributed by atoms with E-state index in [2.05, 4.69) is 34.6 Å². The molecule has 2 aliphatic rings. The van der Waals surface area contributed by atoms with Crippen molar-refractivity contribution in [2.75, 3.05) is 13.7 Å². The zero-order chi connectivity index (χ0) is 20.2. The van der Waals surface area contributed by atoms with Crippen molar-refractivity contribution in [2.24, 2.45) is 5.92 Å². The molecule has 1 saturated carbocycles. The zero-order valence-electron chi connectivity index (χ0n) is 17.2. The highest BCUT2D eigenvalue weighted by Crippen LogP contribution is 2.39. The summed E-state index contributed by atoms with van der Waals surface area (Å²) >= 11 is 0. The van der Waals surface area contributed by atoms with Crippen LogP contribution in [0, 0.1) is 12.8 Å². The standard InChI is InChI=1S/C23H29N3O3/c1-15-10-17-13-18(14-24-21(27)12-16-6-4-3-5-7-16)29-23(17)19(11-15)20-8-9-22(28-2)26-25-20/h8-11,16,18H,3-7,12-14H2,1-2H3,(H,24,27)/t18-/m1/s1. The largest absolute Gasteiger partial charge is 0.487 e.